The second kappa shape index (κ2) is 6.88. The van der Waals surface area contributed by atoms with E-state index < -0.39 is 0 Å². The highest BCUT2D eigenvalue weighted by molar-refractivity contribution is 5.79. The fraction of sp³-hybridized carbons (Fsp3) is 0.300. The molecule has 0 amide bonds. The minimum Gasteiger partial charge on any atom is -0.383 e. The monoisotopic (exact) mass is 307 g/mol. The SMILES string of the molecule is Cc1cccc(C2C=C(NCCN(C)C)c3ccccc3N2)c1. The van der Waals surface area contributed by atoms with Crippen LogP contribution in [0.5, 0.6) is 0 Å². The van der Waals surface area contributed by atoms with Gasteiger partial charge < -0.3 is 15.5 Å². The molecule has 0 bridgehead atoms. The van der Waals surface area contributed by atoms with Gasteiger partial charge in [0.15, 0.2) is 0 Å². The third-order valence-corrected chi connectivity index (χ3v) is 4.14. The summed E-state index contributed by atoms with van der Waals surface area (Å²) in [5, 5.41) is 7.25. The summed E-state index contributed by atoms with van der Waals surface area (Å²) < 4.78 is 0. The van der Waals surface area contributed by atoms with Gasteiger partial charge in [-0.1, -0.05) is 48.0 Å². The molecule has 0 radical (unpaired) electrons. The van der Waals surface area contributed by atoms with Crippen LogP contribution in [0.15, 0.2) is 54.6 Å². The first-order chi connectivity index (χ1) is 11.1. The number of nitrogens with one attached hydrogen (secondary N) is 2. The Morgan fingerprint density at radius 2 is 1.91 bits per heavy atom. The minimum atomic E-state index is 0.201. The van der Waals surface area contributed by atoms with Gasteiger partial charge >= 0.3 is 0 Å². The average Bonchev–Trinajstić information content (AvgIpc) is 2.54. The Labute approximate surface area is 139 Å². The molecular weight excluding hydrogens is 282 g/mol. The number of para-hydroxylation sites is 1. The number of hydrogen-bond acceptors (Lipinski definition) is 3. The molecule has 3 heteroatoms. The summed E-state index contributed by atoms with van der Waals surface area (Å²) in [4.78, 5) is 2.19. The van der Waals surface area contributed by atoms with E-state index in [9.17, 15) is 0 Å². The Kier molecular flexibility index (Phi) is 4.68. The van der Waals surface area contributed by atoms with Crippen LogP contribution in [-0.4, -0.2) is 32.1 Å². The molecule has 1 unspecified atom stereocenters. The number of rotatable bonds is 5. The molecule has 1 aliphatic rings. The minimum absolute atomic E-state index is 0.201. The van der Waals surface area contributed by atoms with Crippen LogP contribution in [-0.2, 0) is 0 Å². The fourth-order valence-corrected chi connectivity index (χ4v) is 2.92. The Hall–Kier alpha value is -2.26. The molecule has 3 nitrogen and oxygen atoms in total. The standard InChI is InChI=1S/C20H25N3/c1-15-7-6-8-16(13-15)19-14-20(21-11-12-23(2)3)17-9-4-5-10-18(17)22-19/h4-10,13-14,19,21-22H,11-12H2,1-3H3. The number of nitrogens with zero attached hydrogens (tertiary/aromatic N) is 1. The molecule has 1 aliphatic heterocycles. The molecule has 0 spiro atoms. The zero-order chi connectivity index (χ0) is 16.2. The van der Waals surface area contributed by atoms with Crippen molar-refractivity contribution in [2.75, 3.05) is 32.5 Å². The van der Waals surface area contributed by atoms with Gasteiger partial charge in [0.25, 0.3) is 0 Å². The second-order valence-electron chi connectivity index (χ2n) is 6.39. The van der Waals surface area contributed by atoms with E-state index in [1.807, 2.05) is 0 Å². The summed E-state index contributed by atoms with van der Waals surface area (Å²) in [6.45, 7) is 4.09. The zero-order valence-electron chi connectivity index (χ0n) is 14.1. The molecular formula is C20H25N3. The van der Waals surface area contributed by atoms with E-state index in [2.05, 4.69) is 91.2 Å². The summed E-state index contributed by atoms with van der Waals surface area (Å²) in [5.41, 5.74) is 6.24. The molecule has 23 heavy (non-hydrogen) atoms. The molecule has 1 atom stereocenters. The van der Waals surface area contributed by atoms with E-state index in [0.717, 1.165) is 13.1 Å². The van der Waals surface area contributed by atoms with Gasteiger partial charge in [0, 0.05) is 30.0 Å². The molecule has 0 aromatic heterocycles. The van der Waals surface area contributed by atoms with E-state index in [-0.39, 0.29) is 6.04 Å². The number of anilines is 1. The maximum atomic E-state index is 3.64. The van der Waals surface area contributed by atoms with Gasteiger partial charge in [-0.2, -0.15) is 0 Å². The van der Waals surface area contributed by atoms with E-state index in [0.29, 0.717) is 0 Å². The smallest absolute Gasteiger partial charge is 0.0721 e. The van der Waals surface area contributed by atoms with Gasteiger partial charge in [0.05, 0.1) is 6.04 Å². The topological polar surface area (TPSA) is 27.3 Å². The third kappa shape index (κ3) is 3.74. The molecule has 0 saturated heterocycles. The van der Waals surface area contributed by atoms with Crippen LogP contribution in [0.3, 0.4) is 0 Å². The lowest BCUT2D eigenvalue weighted by atomic mass is 9.96. The Morgan fingerprint density at radius 1 is 1.09 bits per heavy atom. The number of likely N-dealkylation sites (N-methyl/N-ethyl adjacent to an activating group) is 1. The molecule has 2 aromatic carbocycles. The summed E-state index contributed by atoms with van der Waals surface area (Å²) in [6, 6.07) is 17.4. The van der Waals surface area contributed by atoms with Crippen molar-refractivity contribution < 1.29 is 0 Å². The summed E-state index contributed by atoms with van der Waals surface area (Å²) >= 11 is 0. The van der Waals surface area contributed by atoms with Crippen LogP contribution in [0.4, 0.5) is 5.69 Å². The van der Waals surface area contributed by atoms with Crippen LogP contribution in [0.2, 0.25) is 0 Å². The lowest BCUT2D eigenvalue weighted by Gasteiger charge is -2.28. The number of aryl methyl sites for hydroxylation is 1. The van der Waals surface area contributed by atoms with Crippen LogP contribution in [0.1, 0.15) is 22.7 Å². The maximum absolute atomic E-state index is 3.64. The van der Waals surface area contributed by atoms with Gasteiger partial charge in [-0.05, 0) is 38.7 Å². The lowest BCUT2D eigenvalue weighted by Crippen LogP contribution is -2.28. The fourth-order valence-electron chi connectivity index (χ4n) is 2.92. The van der Waals surface area contributed by atoms with E-state index >= 15 is 0 Å². The highest BCUT2D eigenvalue weighted by atomic mass is 15.1. The maximum Gasteiger partial charge on any atom is 0.0721 e. The van der Waals surface area contributed by atoms with Crippen molar-refractivity contribution in [3.8, 4) is 0 Å². The summed E-state index contributed by atoms with van der Waals surface area (Å²) in [6.07, 6.45) is 2.30. The summed E-state index contributed by atoms with van der Waals surface area (Å²) in [5.74, 6) is 0. The predicted octanol–water partition coefficient (Wildman–Crippen LogP) is 3.65. The van der Waals surface area contributed by atoms with Gasteiger partial charge in [0.2, 0.25) is 0 Å². The highest BCUT2D eigenvalue weighted by Crippen LogP contribution is 2.33. The molecule has 0 saturated carbocycles. The van der Waals surface area contributed by atoms with Gasteiger partial charge in [-0.3, -0.25) is 0 Å². The van der Waals surface area contributed by atoms with Crippen molar-refractivity contribution in [2.24, 2.45) is 0 Å². The van der Waals surface area contributed by atoms with Crippen molar-refractivity contribution >= 4 is 11.4 Å². The van der Waals surface area contributed by atoms with E-state index in [1.54, 1.807) is 0 Å². The van der Waals surface area contributed by atoms with Crippen LogP contribution >= 0.6 is 0 Å². The lowest BCUT2D eigenvalue weighted by molar-refractivity contribution is 0.411. The van der Waals surface area contributed by atoms with Gasteiger partial charge in [0.1, 0.15) is 0 Å². The number of fused-ring (bicyclic) bond motifs is 1. The zero-order valence-corrected chi connectivity index (χ0v) is 14.1. The van der Waals surface area contributed by atoms with Gasteiger partial charge in [-0.25, -0.2) is 0 Å². The Balaban J connectivity index is 1.88. The summed E-state index contributed by atoms with van der Waals surface area (Å²) in [7, 11) is 4.20. The van der Waals surface area contributed by atoms with Crippen molar-refractivity contribution in [3.05, 3.63) is 71.3 Å². The predicted molar refractivity (Wildman–Crippen MR) is 98.5 cm³/mol. The molecule has 2 aromatic rings. The second-order valence-corrected chi connectivity index (χ2v) is 6.39. The van der Waals surface area contributed by atoms with Crippen molar-refractivity contribution in [1.29, 1.82) is 0 Å². The van der Waals surface area contributed by atoms with E-state index in [1.165, 1.54) is 28.1 Å². The average molecular weight is 307 g/mol. The number of benzene rings is 2. The molecule has 120 valence electrons. The Bertz CT molecular complexity index is 704. The van der Waals surface area contributed by atoms with Crippen molar-refractivity contribution in [1.82, 2.24) is 10.2 Å². The van der Waals surface area contributed by atoms with Crippen LogP contribution in [0.25, 0.3) is 5.70 Å². The first-order valence-electron chi connectivity index (χ1n) is 8.16. The molecule has 0 aliphatic carbocycles. The van der Waals surface area contributed by atoms with Gasteiger partial charge in [-0.15, -0.1) is 0 Å². The largest absolute Gasteiger partial charge is 0.383 e. The Morgan fingerprint density at radius 3 is 2.70 bits per heavy atom. The van der Waals surface area contributed by atoms with E-state index in [4.69, 9.17) is 0 Å². The first kappa shape index (κ1) is 15.6. The van der Waals surface area contributed by atoms with Crippen molar-refractivity contribution in [2.45, 2.75) is 13.0 Å². The molecule has 3 rings (SSSR count). The first-order valence-corrected chi connectivity index (χ1v) is 8.16. The third-order valence-electron chi connectivity index (χ3n) is 4.14. The van der Waals surface area contributed by atoms with Crippen LogP contribution in [0, 0.1) is 6.92 Å². The van der Waals surface area contributed by atoms with Crippen molar-refractivity contribution in [3.63, 3.8) is 0 Å². The molecule has 2 N–H and O–H groups in total. The highest BCUT2D eigenvalue weighted by Gasteiger charge is 2.19. The molecule has 1 heterocycles. The molecule has 0 fully saturated rings. The quantitative estimate of drug-likeness (QED) is 0.883. The normalized spacial score (nSPS) is 16.5. The van der Waals surface area contributed by atoms with Crippen LogP contribution < -0.4 is 10.6 Å². The number of hydrogen-bond donors (Lipinski definition) is 2.